The number of rotatable bonds is 7. The van der Waals surface area contributed by atoms with Gasteiger partial charge in [-0.25, -0.2) is 0 Å². The first-order valence-corrected chi connectivity index (χ1v) is 7.99. The molecule has 0 radical (unpaired) electrons. The monoisotopic (exact) mass is 311 g/mol. The summed E-state index contributed by atoms with van der Waals surface area (Å²) < 4.78 is 5.27. The molecule has 1 aromatic carbocycles. The largest absolute Gasteiger partial charge is 0.338 e. The average molecular weight is 312 g/mol. The van der Waals surface area contributed by atoms with E-state index < -0.39 is 0 Å². The van der Waals surface area contributed by atoms with Crippen molar-refractivity contribution in [2.24, 2.45) is 0 Å². The maximum Gasteiger partial charge on any atom is 0.243 e. The summed E-state index contributed by atoms with van der Waals surface area (Å²) in [6.45, 7) is 5.09. The Kier molecular flexibility index (Phi) is 5.88. The number of nitrogens with one attached hydrogen (secondary N) is 1. The quantitative estimate of drug-likeness (QED) is 0.781. The summed E-state index contributed by atoms with van der Waals surface area (Å²) in [7, 11) is 0. The molecule has 0 saturated heterocycles. The molecule has 6 heteroatoms. The maximum absolute atomic E-state index is 5.95. The summed E-state index contributed by atoms with van der Waals surface area (Å²) in [6, 6.07) is 7.83. The lowest BCUT2D eigenvalue weighted by atomic mass is 10.3. The maximum atomic E-state index is 5.95. The minimum Gasteiger partial charge on any atom is -0.338 e. The Hall–Kier alpha value is -1.04. The lowest BCUT2D eigenvalue weighted by Gasteiger charge is -2.06. The fraction of sp³-hybridized carbons (Fsp3) is 0.429. The molecule has 1 unspecified atom stereocenters. The zero-order valence-electron chi connectivity index (χ0n) is 11.6. The highest BCUT2D eigenvalue weighted by molar-refractivity contribution is 7.98. The molecule has 1 heterocycles. The van der Waals surface area contributed by atoms with Gasteiger partial charge in [-0.1, -0.05) is 29.7 Å². The zero-order valence-corrected chi connectivity index (χ0v) is 13.2. The SMILES string of the molecule is CCCNC(C)c1nc(CSc2cccc(Cl)c2)no1. The molecule has 108 valence electrons. The molecule has 0 fully saturated rings. The molecule has 0 spiro atoms. The van der Waals surface area contributed by atoms with Gasteiger partial charge in [0.25, 0.3) is 0 Å². The molecule has 0 aliphatic rings. The highest BCUT2D eigenvalue weighted by Crippen LogP contribution is 2.24. The summed E-state index contributed by atoms with van der Waals surface area (Å²) in [6.07, 6.45) is 1.08. The molecule has 2 aromatic rings. The number of aromatic nitrogens is 2. The smallest absolute Gasteiger partial charge is 0.243 e. The van der Waals surface area contributed by atoms with Crippen molar-refractivity contribution in [1.29, 1.82) is 0 Å². The van der Waals surface area contributed by atoms with Crippen LogP contribution in [0.1, 0.15) is 38.0 Å². The molecule has 20 heavy (non-hydrogen) atoms. The standard InChI is InChI=1S/C14H18ClN3OS/c1-3-7-16-10(2)14-17-13(18-19-14)9-20-12-6-4-5-11(15)8-12/h4-6,8,10,16H,3,7,9H2,1-2H3. The highest BCUT2D eigenvalue weighted by Gasteiger charge is 2.13. The summed E-state index contributed by atoms with van der Waals surface area (Å²) in [5, 5.41) is 8.06. The van der Waals surface area contributed by atoms with E-state index in [0.717, 1.165) is 22.9 Å². The van der Waals surface area contributed by atoms with Gasteiger partial charge in [0, 0.05) is 9.92 Å². The van der Waals surface area contributed by atoms with Gasteiger partial charge in [-0.3, -0.25) is 0 Å². The Morgan fingerprint density at radius 1 is 1.45 bits per heavy atom. The first-order chi connectivity index (χ1) is 9.69. The van der Waals surface area contributed by atoms with Gasteiger partial charge >= 0.3 is 0 Å². The van der Waals surface area contributed by atoms with E-state index in [1.165, 1.54) is 0 Å². The van der Waals surface area contributed by atoms with Crippen molar-refractivity contribution >= 4 is 23.4 Å². The van der Waals surface area contributed by atoms with Gasteiger partial charge in [0.2, 0.25) is 5.89 Å². The number of hydrogen-bond acceptors (Lipinski definition) is 5. The third kappa shape index (κ3) is 4.51. The Morgan fingerprint density at radius 2 is 2.30 bits per heavy atom. The second-order valence-electron chi connectivity index (χ2n) is 4.47. The average Bonchev–Trinajstić information content (AvgIpc) is 2.91. The van der Waals surface area contributed by atoms with Crippen LogP contribution in [-0.4, -0.2) is 16.7 Å². The fourth-order valence-electron chi connectivity index (χ4n) is 1.65. The van der Waals surface area contributed by atoms with Crippen molar-refractivity contribution in [3.8, 4) is 0 Å². The first kappa shape index (κ1) is 15.4. The van der Waals surface area contributed by atoms with Crippen LogP contribution in [0.2, 0.25) is 5.02 Å². The van der Waals surface area contributed by atoms with E-state index >= 15 is 0 Å². The number of halogens is 1. The lowest BCUT2D eigenvalue weighted by molar-refractivity contribution is 0.337. The second kappa shape index (κ2) is 7.67. The predicted octanol–water partition coefficient (Wildman–Crippen LogP) is 4.08. The van der Waals surface area contributed by atoms with E-state index in [9.17, 15) is 0 Å². The minimum atomic E-state index is 0.0902. The summed E-state index contributed by atoms with van der Waals surface area (Å²) >= 11 is 7.59. The Bertz CT molecular complexity index is 547. The van der Waals surface area contributed by atoms with E-state index in [1.807, 2.05) is 31.2 Å². The molecular formula is C14H18ClN3OS. The lowest BCUT2D eigenvalue weighted by Crippen LogP contribution is -2.19. The molecule has 0 amide bonds. The van der Waals surface area contributed by atoms with Crippen LogP contribution < -0.4 is 5.32 Å². The zero-order chi connectivity index (χ0) is 14.4. The van der Waals surface area contributed by atoms with E-state index in [4.69, 9.17) is 16.1 Å². The number of hydrogen-bond donors (Lipinski definition) is 1. The van der Waals surface area contributed by atoms with Crippen molar-refractivity contribution in [2.75, 3.05) is 6.54 Å². The van der Waals surface area contributed by atoms with Gasteiger partial charge in [0.1, 0.15) is 0 Å². The van der Waals surface area contributed by atoms with Crippen molar-refractivity contribution in [3.05, 3.63) is 41.0 Å². The molecule has 1 N–H and O–H groups in total. The molecule has 2 rings (SSSR count). The van der Waals surface area contributed by atoms with Crippen molar-refractivity contribution in [1.82, 2.24) is 15.5 Å². The Balaban J connectivity index is 1.89. The normalized spacial score (nSPS) is 12.6. The third-order valence-electron chi connectivity index (χ3n) is 2.72. The van der Waals surface area contributed by atoms with Crippen molar-refractivity contribution in [3.63, 3.8) is 0 Å². The topological polar surface area (TPSA) is 51.0 Å². The molecule has 0 aliphatic carbocycles. The highest BCUT2D eigenvalue weighted by atomic mass is 35.5. The van der Waals surface area contributed by atoms with Crippen LogP contribution in [0.4, 0.5) is 0 Å². The predicted molar refractivity (Wildman–Crippen MR) is 82.0 cm³/mol. The van der Waals surface area contributed by atoms with Crippen LogP contribution in [0.3, 0.4) is 0 Å². The van der Waals surface area contributed by atoms with E-state index in [2.05, 4.69) is 22.4 Å². The summed E-state index contributed by atoms with van der Waals surface area (Å²) in [4.78, 5) is 5.50. The van der Waals surface area contributed by atoms with Crippen molar-refractivity contribution in [2.45, 2.75) is 37.0 Å². The Labute approximate surface area is 128 Å². The summed E-state index contributed by atoms with van der Waals surface area (Å²) in [5.74, 6) is 2.01. The number of nitrogens with zero attached hydrogens (tertiary/aromatic N) is 2. The number of thioether (sulfide) groups is 1. The van der Waals surface area contributed by atoms with Gasteiger partial charge in [0.05, 0.1) is 11.8 Å². The third-order valence-corrected chi connectivity index (χ3v) is 3.94. The molecule has 1 aromatic heterocycles. The molecule has 4 nitrogen and oxygen atoms in total. The van der Waals surface area contributed by atoms with Crippen LogP contribution in [0.5, 0.6) is 0 Å². The van der Waals surface area contributed by atoms with Gasteiger partial charge in [0.15, 0.2) is 5.82 Å². The van der Waals surface area contributed by atoms with Crippen LogP contribution in [0, 0.1) is 0 Å². The first-order valence-electron chi connectivity index (χ1n) is 6.63. The second-order valence-corrected chi connectivity index (χ2v) is 5.96. The van der Waals surface area contributed by atoms with Crippen molar-refractivity contribution < 1.29 is 4.52 Å². The summed E-state index contributed by atoms with van der Waals surface area (Å²) in [5.41, 5.74) is 0. The van der Waals surface area contributed by atoms with Crippen LogP contribution in [0.15, 0.2) is 33.7 Å². The van der Waals surface area contributed by atoms with Crippen LogP contribution in [0.25, 0.3) is 0 Å². The van der Waals surface area contributed by atoms with Gasteiger partial charge in [-0.15, -0.1) is 11.8 Å². The molecule has 0 saturated carbocycles. The number of benzene rings is 1. The molecule has 1 atom stereocenters. The molecule has 0 aliphatic heterocycles. The fourth-order valence-corrected chi connectivity index (χ4v) is 2.71. The van der Waals surface area contributed by atoms with Crippen LogP contribution in [-0.2, 0) is 5.75 Å². The van der Waals surface area contributed by atoms with E-state index in [1.54, 1.807) is 11.8 Å². The molecular weight excluding hydrogens is 294 g/mol. The minimum absolute atomic E-state index is 0.0902. The van der Waals surface area contributed by atoms with E-state index in [-0.39, 0.29) is 6.04 Å². The van der Waals surface area contributed by atoms with E-state index in [0.29, 0.717) is 17.5 Å². The van der Waals surface area contributed by atoms with Crippen LogP contribution >= 0.6 is 23.4 Å². The molecule has 0 bridgehead atoms. The van der Waals surface area contributed by atoms with Gasteiger partial charge in [-0.2, -0.15) is 4.98 Å². The Morgan fingerprint density at radius 3 is 3.05 bits per heavy atom. The van der Waals surface area contributed by atoms with Gasteiger partial charge < -0.3 is 9.84 Å². The van der Waals surface area contributed by atoms with Gasteiger partial charge in [-0.05, 0) is 38.1 Å².